The molecule has 152 valence electrons. The van der Waals surface area contributed by atoms with Crippen LogP contribution in [0.25, 0.3) is 0 Å². The molecule has 0 saturated heterocycles. The van der Waals surface area contributed by atoms with Crippen LogP contribution in [0.5, 0.6) is 0 Å². The minimum Gasteiger partial charge on any atom is -0.378 e. The second-order valence-corrected chi connectivity index (χ2v) is 10.3. The molecule has 3 aliphatic rings. The Morgan fingerprint density at radius 1 is 0.966 bits per heavy atom. The summed E-state index contributed by atoms with van der Waals surface area (Å²) in [4.78, 5) is 0.390. The number of sulfonamides is 1. The lowest BCUT2D eigenvalue weighted by Gasteiger charge is -2.37. The molecule has 3 unspecified atom stereocenters. The minimum absolute atomic E-state index is 0.0736. The first-order valence-electron chi connectivity index (χ1n) is 10.8. The van der Waals surface area contributed by atoms with Crippen molar-refractivity contribution in [1.82, 2.24) is 4.72 Å². The zero-order valence-corrected chi connectivity index (χ0v) is 17.4. The molecule has 2 aromatic carbocycles. The molecule has 0 bridgehead atoms. The van der Waals surface area contributed by atoms with Gasteiger partial charge in [0.1, 0.15) is 0 Å². The molecule has 2 aromatic rings. The second kappa shape index (κ2) is 7.62. The lowest BCUT2D eigenvalue weighted by molar-refractivity contribution is 0.411. The highest BCUT2D eigenvalue weighted by Crippen LogP contribution is 2.50. The van der Waals surface area contributed by atoms with Crippen molar-refractivity contribution in [3.05, 3.63) is 71.8 Å². The van der Waals surface area contributed by atoms with Crippen molar-refractivity contribution in [3.63, 3.8) is 0 Å². The maximum atomic E-state index is 13.0. The molecule has 1 fully saturated rings. The molecule has 0 spiro atoms. The normalized spacial score (nSPS) is 26.6. The summed E-state index contributed by atoms with van der Waals surface area (Å²) in [5.74, 6) is 0.662. The molecule has 0 amide bonds. The molecular weight excluding hydrogens is 380 g/mol. The van der Waals surface area contributed by atoms with Gasteiger partial charge in [-0.05, 0) is 54.5 Å². The van der Waals surface area contributed by atoms with Crippen molar-refractivity contribution in [3.8, 4) is 0 Å². The third kappa shape index (κ3) is 3.62. The third-order valence-corrected chi connectivity index (χ3v) is 8.25. The molecule has 1 heterocycles. The Bertz CT molecular complexity index is 1010. The highest BCUT2D eigenvalue weighted by Gasteiger charge is 2.38. The van der Waals surface area contributed by atoms with E-state index in [1.807, 2.05) is 18.2 Å². The Labute approximate surface area is 173 Å². The standard InChI is InChI=1S/C24H28N2O2S/c27-29(28,26-18-10-5-2-6-11-18)19-14-15-23-22(16-19)20-12-7-13-21(20)24(25-23)17-8-3-1-4-9-17/h1,3-4,7-9,12,14-16,18,20-21,24-26H,2,5-6,10-11,13H2. The summed E-state index contributed by atoms with van der Waals surface area (Å²) >= 11 is 0. The molecular formula is C24H28N2O2S. The van der Waals surface area contributed by atoms with Crippen LogP contribution in [0.1, 0.15) is 61.6 Å². The summed E-state index contributed by atoms with van der Waals surface area (Å²) in [6, 6.07) is 16.4. The van der Waals surface area contributed by atoms with Gasteiger partial charge in [0, 0.05) is 17.6 Å². The van der Waals surface area contributed by atoms with Crippen LogP contribution in [0, 0.1) is 5.92 Å². The molecule has 1 aliphatic heterocycles. The van der Waals surface area contributed by atoms with Gasteiger partial charge in [-0.25, -0.2) is 13.1 Å². The van der Waals surface area contributed by atoms with E-state index < -0.39 is 10.0 Å². The van der Waals surface area contributed by atoms with E-state index in [-0.39, 0.29) is 18.0 Å². The molecule has 4 nitrogen and oxygen atoms in total. The van der Waals surface area contributed by atoms with E-state index in [9.17, 15) is 8.42 Å². The highest BCUT2D eigenvalue weighted by molar-refractivity contribution is 7.89. The van der Waals surface area contributed by atoms with Gasteiger partial charge in [0.25, 0.3) is 0 Å². The Morgan fingerprint density at radius 3 is 2.55 bits per heavy atom. The fourth-order valence-corrected chi connectivity index (χ4v) is 6.58. The van der Waals surface area contributed by atoms with Gasteiger partial charge in [0.2, 0.25) is 10.0 Å². The van der Waals surface area contributed by atoms with E-state index in [1.54, 1.807) is 6.07 Å². The summed E-state index contributed by atoms with van der Waals surface area (Å²) in [6.45, 7) is 0. The number of benzene rings is 2. The summed E-state index contributed by atoms with van der Waals surface area (Å²) in [5, 5.41) is 3.69. The van der Waals surface area contributed by atoms with Crippen LogP contribution in [-0.2, 0) is 10.0 Å². The van der Waals surface area contributed by atoms with E-state index in [0.717, 1.165) is 43.4 Å². The lowest BCUT2D eigenvalue weighted by atomic mass is 9.77. The molecule has 3 atom stereocenters. The quantitative estimate of drug-likeness (QED) is 0.690. The van der Waals surface area contributed by atoms with Crippen molar-refractivity contribution in [2.24, 2.45) is 5.92 Å². The predicted molar refractivity (Wildman–Crippen MR) is 116 cm³/mol. The van der Waals surface area contributed by atoms with Gasteiger partial charge in [0.15, 0.2) is 0 Å². The van der Waals surface area contributed by atoms with Crippen LogP contribution >= 0.6 is 0 Å². The number of hydrogen-bond acceptors (Lipinski definition) is 3. The third-order valence-electron chi connectivity index (χ3n) is 6.73. The lowest BCUT2D eigenvalue weighted by Crippen LogP contribution is -2.36. The number of nitrogens with one attached hydrogen (secondary N) is 2. The number of fused-ring (bicyclic) bond motifs is 3. The number of hydrogen-bond donors (Lipinski definition) is 2. The van der Waals surface area contributed by atoms with Crippen molar-refractivity contribution >= 4 is 15.7 Å². The molecule has 2 aliphatic carbocycles. The fourth-order valence-electron chi connectivity index (χ4n) is 5.24. The number of allylic oxidation sites excluding steroid dienone is 2. The summed E-state index contributed by atoms with van der Waals surface area (Å²) in [6.07, 6.45) is 10.8. The van der Waals surface area contributed by atoms with E-state index in [1.165, 1.54) is 12.0 Å². The zero-order valence-electron chi connectivity index (χ0n) is 16.6. The summed E-state index contributed by atoms with van der Waals surface area (Å²) in [5.41, 5.74) is 3.43. The van der Waals surface area contributed by atoms with Gasteiger partial charge in [-0.15, -0.1) is 0 Å². The van der Waals surface area contributed by atoms with Crippen LogP contribution in [0.4, 0.5) is 5.69 Å². The first-order valence-corrected chi connectivity index (χ1v) is 12.2. The maximum Gasteiger partial charge on any atom is 0.240 e. The number of rotatable bonds is 4. The first-order chi connectivity index (χ1) is 14.1. The van der Waals surface area contributed by atoms with E-state index in [2.05, 4.69) is 46.5 Å². The number of anilines is 1. The van der Waals surface area contributed by atoms with Gasteiger partial charge in [-0.3, -0.25) is 0 Å². The molecule has 2 N–H and O–H groups in total. The Morgan fingerprint density at radius 2 is 1.76 bits per heavy atom. The van der Waals surface area contributed by atoms with E-state index >= 15 is 0 Å². The van der Waals surface area contributed by atoms with Gasteiger partial charge < -0.3 is 5.32 Å². The summed E-state index contributed by atoms with van der Waals surface area (Å²) < 4.78 is 29.0. The monoisotopic (exact) mass is 408 g/mol. The smallest absolute Gasteiger partial charge is 0.240 e. The Balaban J connectivity index is 1.46. The Hall–Kier alpha value is -2.11. The topological polar surface area (TPSA) is 58.2 Å². The van der Waals surface area contributed by atoms with Crippen molar-refractivity contribution < 1.29 is 8.42 Å². The predicted octanol–water partition coefficient (Wildman–Crippen LogP) is 5.12. The van der Waals surface area contributed by atoms with Crippen molar-refractivity contribution in [2.45, 2.75) is 61.4 Å². The average Bonchev–Trinajstić information content (AvgIpc) is 3.24. The van der Waals surface area contributed by atoms with Gasteiger partial charge in [-0.1, -0.05) is 61.7 Å². The molecule has 0 aromatic heterocycles. The van der Waals surface area contributed by atoms with Crippen LogP contribution in [0.2, 0.25) is 0 Å². The van der Waals surface area contributed by atoms with Crippen LogP contribution in [-0.4, -0.2) is 14.5 Å². The van der Waals surface area contributed by atoms with Gasteiger partial charge >= 0.3 is 0 Å². The van der Waals surface area contributed by atoms with Crippen LogP contribution in [0.3, 0.4) is 0 Å². The summed E-state index contributed by atoms with van der Waals surface area (Å²) in [7, 11) is -3.49. The SMILES string of the molecule is O=S(=O)(NC1CCCCC1)c1ccc2c(c1)C1C=CCC1C(c1ccccc1)N2. The van der Waals surface area contributed by atoms with Crippen LogP contribution in [0.15, 0.2) is 65.6 Å². The zero-order chi connectivity index (χ0) is 19.8. The van der Waals surface area contributed by atoms with Gasteiger partial charge in [-0.2, -0.15) is 0 Å². The highest BCUT2D eigenvalue weighted by atomic mass is 32.2. The second-order valence-electron chi connectivity index (χ2n) is 8.59. The largest absolute Gasteiger partial charge is 0.378 e. The average molecular weight is 409 g/mol. The van der Waals surface area contributed by atoms with E-state index in [4.69, 9.17) is 0 Å². The maximum absolute atomic E-state index is 13.0. The van der Waals surface area contributed by atoms with Gasteiger partial charge in [0.05, 0.1) is 10.9 Å². The minimum atomic E-state index is -3.49. The molecule has 29 heavy (non-hydrogen) atoms. The molecule has 1 saturated carbocycles. The molecule has 5 heteroatoms. The van der Waals surface area contributed by atoms with Crippen LogP contribution < -0.4 is 10.0 Å². The Kier molecular flexibility index (Phi) is 4.96. The van der Waals surface area contributed by atoms with Crippen molar-refractivity contribution in [1.29, 1.82) is 0 Å². The van der Waals surface area contributed by atoms with E-state index in [0.29, 0.717) is 10.8 Å². The first kappa shape index (κ1) is 18.9. The van der Waals surface area contributed by atoms with Crippen molar-refractivity contribution in [2.75, 3.05) is 5.32 Å². The fraction of sp³-hybridized carbons (Fsp3) is 0.417. The molecule has 5 rings (SSSR count). The molecule has 0 radical (unpaired) electrons.